The van der Waals surface area contributed by atoms with Crippen molar-refractivity contribution in [3.63, 3.8) is 0 Å². The highest BCUT2D eigenvalue weighted by Crippen LogP contribution is 2.37. The molecule has 4 nitrogen and oxygen atoms in total. The molecule has 0 N–H and O–H groups in total. The van der Waals surface area contributed by atoms with Crippen molar-refractivity contribution in [3.05, 3.63) is 69.8 Å². The first-order chi connectivity index (χ1) is 16.2. The van der Waals surface area contributed by atoms with Gasteiger partial charge in [0.05, 0.1) is 17.2 Å². The van der Waals surface area contributed by atoms with E-state index in [2.05, 4.69) is 0 Å². The Balaban J connectivity index is 2.00. The zero-order chi connectivity index (χ0) is 26.1. The summed E-state index contributed by atoms with van der Waals surface area (Å²) in [6, 6.07) is 5.78. The Labute approximate surface area is 203 Å². The Morgan fingerprint density at radius 3 is 2.03 bits per heavy atom. The smallest absolute Gasteiger partial charge is 0.338 e. The van der Waals surface area contributed by atoms with Gasteiger partial charge in [-0.25, -0.2) is 0 Å². The minimum absolute atomic E-state index is 0.0135. The fourth-order valence-corrected chi connectivity index (χ4v) is 4.22. The lowest BCUT2D eigenvalue weighted by Gasteiger charge is -2.41. The maximum atomic E-state index is 13.3. The van der Waals surface area contributed by atoms with Crippen molar-refractivity contribution >= 4 is 23.4 Å². The maximum absolute atomic E-state index is 13.3. The molecule has 0 saturated carbocycles. The fraction of sp³-hybridized carbons (Fsp3) is 0.417. The molecule has 0 radical (unpaired) electrons. The van der Waals surface area contributed by atoms with Gasteiger partial charge in [-0.05, 0) is 55.2 Å². The Hall–Kier alpha value is -2.75. The number of carbonyl (C=O) groups is 2. The van der Waals surface area contributed by atoms with Crippen LogP contribution in [-0.2, 0) is 23.6 Å². The maximum Gasteiger partial charge on any atom is 0.416 e. The van der Waals surface area contributed by atoms with E-state index >= 15 is 0 Å². The average Bonchev–Trinajstić information content (AvgIpc) is 2.79. The lowest BCUT2D eigenvalue weighted by molar-refractivity contribution is -0.143. The van der Waals surface area contributed by atoms with Gasteiger partial charge in [0.25, 0.3) is 5.91 Å². The number of alkyl halides is 7. The van der Waals surface area contributed by atoms with E-state index in [-0.39, 0.29) is 43.9 Å². The summed E-state index contributed by atoms with van der Waals surface area (Å²) < 4.78 is 79.8. The van der Waals surface area contributed by atoms with Crippen molar-refractivity contribution in [1.82, 2.24) is 9.80 Å². The molecular formula is C24H23ClF6N2O2. The van der Waals surface area contributed by atoms with Gasteiger partial charge in [-0.3, -0.25) is 9.59 Å². The molecule has 1 aliphatic heterocycles. The fourth-order valence-electron chi connectivity index (χ4n) is 4.06. The van der Waals surface area contributed by atoms with Gasteiger partial charge < -0.3 is 9.80 Å². The van der Waals surface area contributed by atoms with Crippen molar-refractivity contribution in [1.29, 1.82) is 0 Å². The molecule has 2 amide bonds. The predicted octanol–water partition coefficient (Wildman–Crippen LogP) is 5.48. The van der Waals surface area contributed by atoms with Crippen molar-refractivity contribution in [2.75, 3.05) is 25.5 Å². The van der Waals surface area contributed by atoms with E-state index < -0.39 is 41.0 Å². The van der Waals surface area contributed by atoms with Crippen molar-refractivity contribution in [2.24, 2.45) is 0 Å². The van der Waals surface area contributed by atoms with Crippen LogP contribution in [0.2, 0.25) is 0 Å². The van der Waals surface area contributed by atoms with E-state index in [9.17, 15) is 35.9 Å². The quantitative estimate of drug-likeness (QED) is 0.396. The van der Waals surface area contributed by atoms with Gasteiger partial charge in [0.1, 0.15) is 5.88 Å². The normalized spacial score (nSPS) is 17.0. The molecule has 35 heavy (non-hydrogen) atoms. The zero-order valence-electron chi connectivity index (χ0n) is 18.9. The minimum atomic E-state index is -5.07. The highest BCUT2D eigenvalue weighted by Gasteiger charge is 2.39. The summed E-state index contributed by atoms with van der Waals surface area (Å²) in [7, 11) is 0. The van der Waals surface area contributed by atoms with E-state index in [1.54, 1.807) is 0 Å². The van der Waals surface area contributed by atoms with Crippen LogP contribution >= 0.6 is 11.6 Å². The number of carbonyl (C=O) groups excluding carboxylic acids is 2. The van der Waals surface area contributed by atoms with Gasteiger partial charge in [-0.2, -0.15) is 26.3 Å². The summed E-state index contributed by atoms with van der Waals surface area (Å²) >= 11 is 5.66. The first kappa shape index (κ1) is 26.8. The largest absolute Gasteiger partial charge is 0.416 e. The molecule has 0 aliphatic carbocycles. The monoisotopic (exact) mass is 520 g/mol. The van der Waals surface area contributed by atoms with Gasteiger partial charge in [-0.1, -0.05) is 18.2 Å². The molecule has 1 fully saturated rings. The second-order valence-electron chi connectivity index (χ2n) is 8.54. The number of benzene rings is 2. The lowest BCUT2D eigenvalue weighted by atomic mass is 9.97. The van der Waals surface area contributed by atoms with Gasteiger partial charge in [-0.15, -0.1) is 11.6 Å². The van der Waals surface area contributed by atoms with Crippen LogP contribution in [-0.4, -0.2) is 53.2 Å². The van der Waals surface area contributed by atoms with Gasteiger partial charge in [0, 0.05) is 25.2 Å². The van der Waals surface area contributed by atoms with E-state index in [0.29, 0.717) is 12.1 Å². The topological polar surface area (TPSA) is 40.6 Å². The first-order valence-electron chi connectivity index (χ1n) is 10.7. The van der Waals surface area contributed by atoms with E-state index in [0.717, 1.165) is 16.7 Å². The van der Waals surface area contributed by atoms with Crippen LogP contribution in [0.5, 0.6) is 0 Å². The minimum Gasteiger partial charge on any atom is -0.338 e. The third kappa shape index (κ3) is 6.28. The Kier molecular flexibility index (Phi) is 7.74. The van der Waals surface area contributed by atoms with Gasteiger partial charge in [0.2, 0.25) is 5.91 Å². The molecule has 1 atom stereocenters. The summed E-state index contributed by atoms with van der Waals surface area (Å²) in [5.74, 6) is -1.62. The first-order valence-corrected chi connectivity index (χ1v) is 11.2. The number of rotatable bonds is 4. The van der Waals surface area contributed by atoms with Crippen LogP contribution in [0.15, 0.2) is 36.4 Å². The number of halogens is 7. The van der Waals surface area contributed by atoms with Crippen molar-refractivity contribution in [2.45, 2.75) is 38.7 Å². The number of piperazine rings is 1. The van der Waals surface area contributed by atoms with Crippen LogP contribution in [0.3, 0.4) is 0 Å². The van der Waals surface area contributed by atoms with Crippen LogP contribution in [0.1, 0.15) is 38.2 Å². The summed E-state index contributed by atoms with van der Waals surface area (Å²) in [5.41, 5.74) is -0.995. The molecule has 0 bridgehead atoms. The number of amides is 2. The molecule has 2 aromatic rings. The highest BCUT2D eigenvalue weighted by atomic mass is 35.5. The third-order valence-corrected chi connectivity index (χ3v) is 6.32. The predicted molar refractivity (Wildman–Crippen MR) is 118 cm³/mol. The molecule has 2 aromatic carbocycles. The average molecular weight is 521 g/mol. The van der Waals surface area contributed by atoms with Crippen LogP contribution < -0.4 is 0 Å². The highest BCUT2D eigenvalue weighted by molar-refractivity contribution is 6.27. The van der Waals surface area contributed by atoms with Gasteiger partial charge in [0.15, 0.2) is 0 Å². The summed E-state index contributed by atoms with van der Waals surface area (Å²) in [6.45, 7) is 3.87. The summed E-state index contributed by atoms with van der Waals surface area (Å²) in [5, 5.41) is 0. The number of nitrogens with zero attached hydrogens (tertiary/aromatic N) is 2. The van der Waals surface area contributed by atoms with Crippen molar-refractivity contribution in [3.8, 4) is 0 Å². The Bertz CT molecular complexity index is 1080. The second kappa shape index (κ2) is 10.1. The number of hydrogen-bond acceptors (Lipinski definition) is 2. The molecule has 1 unspecified atom stereocenters. The molecule has 11 heteroatoms. The Morgan fingerprint density at radius 1 is 0.914 bits per heavy atom. The number of aryl methyl sites for hydroxylation is 2. The third-order valence-electron chi connectivity index (χ3n) is 6.09. The molecular weight excluding hydrogens is 498 g/mol. The van der Waals surface area contributed by atoms with E-state index in [1.807, 2.05) is 32.0 Å². The molecule has 1 aliphatic rings. The molecule has 0 aromatic heterocycles. The molecule has 0 spiro atoms. The van der Waals surface area contributed by atoms with Crippen molar-refractivity contribution < 1.29 is 35.9 Å². The Morgan fingerprint density at radius 2 is 1.51 bits per heavy atom. The number of hydrogen-bond donors (Lipinski definition) is 0. The standard InChI is InChI=1S/C24H23ClF6N2O2/c1-14-3-4-16(7-15(14)2)8-20-13-32(21(34)12-25)5-6-33(20)22(35)17-9-18(23(26,27)28)11-19(10-17)24(29,30)31/h3-4,7,9-11,20H,5-6,8,12-13H2,1-2H3. The lowest BCUT2D eigenvalue weighted by Crippen LogP contribution is -2.57. The molecule has 1 heterocycles. The zero-order valence-corrected chi connectivity index (χ0v) is 19.7. The second-order valence-corrected chi connectivity index (χ2v) is 8.81. The molecule has 3 rings (SSSR count). The molecule has 1 saturated heterocycles. The SMILES string of the molecule is Cc1ccc(CC2CN(C(=O)CCl)CCN2C(=O)c2cc(C(F)(F)F)cc(C(F)(F)F)c2)cc1C. The van der Waals surface area contributed by atoms with Crippen LogP contribution in [0.4, 0.5) is 26.3 Å². The summed E-state index contributed by atoms with van der Waals surface area (Å²) in [6.07, 6.45) is -9.88. The van der Waals surface area contributed by atoms with Crippen LogP contribution in [0.25, 0.3) is 0 Å². The van der Waals surface area contributed by atoms with E-state index in [4.69, 9.17) is 11.6 Å². The molecule has 190 valence electrons. The summed E-state index contributed by atoms with van der Waals surface area (Å²) in [4.78, 5) is 28.1. The van der Waals surface area contributed by atoms with Crippen LogP contribution in [0, 0.1) is 13.8 Å². The van der Waals surface area contributed by atoms with Gasteiger partial charge >= 0.3 is 12.4 Å². The van der Waals surface area contributed by atoms with E-state index in [1.165, 1.54) is 9.80 Å².